The first-order chi connectivity index (χ1) is 5.91. The third kappa shape index (κ3) is 9.44. The molecule has 0 aliphatic carbocycles. The average molecular weight is 168 g/mol. The van der Waals surface area contributed by atoms with Crippen molar-refractivity contribution in [1.29, 1.82) is 0 Å². The summed E-state index contributed by atoms with van der Waals surface area (Å²) in [6, 6.07) is 0. The second-order valence-corrected chi connectivity index (χ2v) is 2.84. The van der Waals surface area contributed by atoms with Crippen molar-refractivity contribution in [2.24, 2.45) is 0 Å². The van der Waals surface area contributed by atoms with Crippen LogP contribution in [-0.2, 0) is 0 Å². The molecule has 0 bridgehead atoms. The van der Waals surface area contributed by atoms with Crippen molar-refractivity contribution >= 4 is 0 Å². The van der Waals surface area contributed by atoms with Crippen molar-refractivity contribution in [3.8, 4) is 0 Å². The van der Waals surface area contributed by atoms with E-state index in [0.717, 1.165) is 25.7 Å². The van der Waals surface area contributed by atoms with Gasteiger partial charge < -0.3 is 5.11 Å². The van der Waals surface area contributed by atoms with Gasteiger partial charge in [-0.05, 0) is 25.7 Å². The molecule has 0 aromatic heterocycles. The second kappa shape index (κ2) is 10.4. The molecule has 0 fully saturated rings. The van der Waals surface area contributed by atoms with E-state index in [0.29, 0.717) is 6.61 Å². The summed E-state index contributed by atoms with van der Waals surface area (Å²) in [4.78, 5) is 0. The fourth-order valence-electron chi connectivity index (χ4n) is 0.940. The van der Waals surface area contributed by atoms with Crippen molar-refractivity contribution in [2.45, 2.75) is 39.0 Å². The van der Waals surface area contributed by atoms with Crippen molar-refractivity contribution in [2.75, 3.05) is 6.61 Å². The first-order valence-corrected chi connectivity index (χ1v) is 4.84. The van der Waals surface area contributed by atoms with Gasteiger partial charge in [0.15, 0.2) is 0 Å². The van der Waals surface area contributed by atoms with E-state index in [1.54, 1.807) is 0 Å². The van der Waals surface area contributed by atoms with Gasteiger partial charge in [0, 0.05) is 6.61 Å². The Bertz CT molecular complexity index is 125. The maximum atomic E-state index is 8.51. The fraction of sp³-hybridized carbons (Fsp3) is 0.636. The molecule has 1 nitrogen and oxygen atoms in total. The van der Waals surface area contributed by atoms with Gasteiger partial charge in [-0.25, -0.2) is 0 Å². The molecule has 1 N–H and O–H groups in total. The first-order valence-electron chi connectivity index (χ1n) is 4.84. The van der Waals surface area contributed by atoms with Crippen LogP contribution >= 0.6 is 0 Å². The largest absolute Gasteiger partial charge is 0.396 e. The Kier molecular flexibility index (Phi) is 9.95. The maximum absolute atomic E-state index is 8.51. The van der Waals surface area contributed by atoms with E-state index in [1.165, 1.54) is 6.42 Å². The summed E-state index contributed by atoms with van der Waals surface area (Å²) in [5.74, 6) is 0. The van der Waals surface area contributed by atoms with Gasteiger partial charge in [0.1, 0.15) is 0 Å². The predicted molar refractivity (Wildman–Crippen MR) is 54.1 cm³/mol. The van der Waals surface area contributed by atoms with Gasteiger partial charge in [-0.2, -0.15) is 0 Å². The summed E-state index contributed by atoms with van der Waals surface area (Å²) >= 11 is 0. The zero-order valence-corrected chi connectivity index (χ0v) is 8.00. The van der Waals surface area contributed by atoms with Crippen molar-refractivity contribution in [1.82, 2.24) is 0 Å². The molecule has 0 saturated heterocycles. The SMILES string of the molecule is CC/C=C\C=C/CCCCCO. The molecule has 0 rings (SSSR count). The number of aliphatic hydroxyl groups excluding tert-OH is 1. The maximum Gasteiger partial charge on any atom is 0.0431 e. The van der Waals surface area contributed by atoms with Gasteiger partial charge in [-0.15, -0.1) is 0 Å². The van der Waals surface area contributed by atoms with Crippen LogP contribution in [0.15, 0.2) is 24.3 Å². The summed E-state index contributed by atoms with van der Waals surface area (Å²) in [6.07, 6.45) is 14.0. The molecule has 1 heteroatoms. The first kappa shape index (κ1) is 11.4. The molecule has 0 aliphatic heterocycles. The Morgan fingerprint density at radius 2 is 1.75 bits per heavy atom. The normalized spacial score (nSPS) is 11.8. The van der Waals surface area contributed by atoms with E-state index >= 15 is 0 Å². The van der Waals surface area contributed by atoms with Crippen molar-refractivity contribution in [3.63, 3.8) is 0 Å². The summed E-state index contributed by atoms with van der Waals surface area (Å²) in [7, 11) is 0. The lowest BCUT2D eigenvalue weighted by Crippen LogP contribution is -1.81. The lowest BCUT2D eigenvalue weighted by atomic mass is 10.2. The molecule has 0 aromatic carbocycles. The molecule has 0 spiro atoms. The Morgan fingerprint density at radius 1 is 1.00 bits per heavy atom. The standard InChI is InChI=1S/C11H20O/c1-2-3-4-5-6-7-8-9-10-11-12/h3-6,12H,2,7-11H2,1H3/b4-3-,6-5-. The molecular weight excluding hydrogens is 148 g/mol. The monoisotopic (exact) mass is 168 g/mol. The summed E-state index contributed by atoms with van der Waals surface area (Å²) < 4.78 is 0. The van der Waals surface area contributed by atoms with Crippen LogP contribution in [-0.4, -0.2) is 11.7 Å². The lowest BCUT2D eigenvalue weighted by molar-refractivity contribution is 0.283. The highest BCUT2D eigenvalue weighted by molar-refractivity contribution is 5.01. The van der Waals surface area contributed by atoms with Crippen LogP contribution in [0.1, 0.15) is 39.0 Å². The number of hydrogen-bond donors (Lipinski definition) is 1. The molecule has 70 valence electrons. The quantitative estimate of drug-likeness (QED) is 0.457. The Morgan fingerprint density at radius 3 is 2.42 bits per heavy atom. The van der Waals surface area contributed by atoms with Gasteiger partial charge in [0.25, 0.3) is 0 Å². The fourth-order valence-corrected chi connectivity index (χ4v) is 0.940. The average Bonchev–Trinajstić information content (AvgIpc) is 2.10. The number of aliphatic hydroxyl groups is 1. The van der Waals surface area contributed by atoms with Gasteiger partial charge >= 0.3 is 0 Å². The second-order valence-electron chi connectivity index (χ2n) is 2.84. The summed E-state index contributed by atoms with van der Waals surface area (Å²) in [6.45, 7) is 2.46. The number of allylic oxidation sites excluding steroid dienone is 4. The van der Waals surface area contributed by atoms with Crippen LogP contribution in [0.5, 0.6) is 0 Å². The minimum Gasteiger partial charge on any atom is -0.396 e. The van der Waals surface area contributed by atoms with Gasteiger partial charge in [-0.1, -0.05) is 37.6 Å². The molecule has 0 aromatic rings. The van der Waals surface area contributed by atoms with Crippen molar-refractivity contribution < 1.29 is 5.11 Å². The smallest absolute Gasteiger partial charge is 0.0431 e. The Labute approximate surface area is 75.8 Å². The van der Waals surface area contributed by atoms with Gasteiger partial charge in [0.05, 0.1) is 0 Å². The van der Waals surface area contributed by atoms with E-state index in [2.05, 4.69) is 31.2 Å². The zero-order valence-electron chi connectivity index (χ0n) is 8.00. The minimum atomic E-state index is 0.333. The molecule has 12 heavy (non-hydrogen) atoms. The number of rotatable bonds is 7. The molecule has 0 heterocycles. The molecule has 0 saturated carbocycles. The van der Waals surface area contributed by atoms with Crippen LogP contribution in [0.3, 0.4) is 0 Å². The Balaban J connectivity index is 3.07. The minimum absolute atomic E-state index is 0.333. The third-order valence-corrected chi connectivity index (χ3v) is 1.65. The third-order valence-electron chi connectivity index (χ3n) is 1.65. The van der Waals surface area contributed by atoms with Crippen molar-refractivity contribution in [3.05, 3.63) is 24.3 Å². The summed E-state index contributed by atoms with van der Waals surface area (Å²) in [5.41, 5.74) is 0. The lowest BCUT2D eigenvalue weighted by Gasteiger charge is -1.92. The molecule has 0 atom stereocenters. The van der Waals surface area contributed by atoms with Crippen LogP contribution < -0.4 is 0 Å². The van der Waals surface area contributed by atoms with Crippen LogP contribution in [0.25, 0.3) is 0 Å². The highest BCUT2D eigenvalue weighted by Crippen LogP contribution is 1.99. The van der Waals surface area contributed by atoms with Gasteiger partial charge in [0.2, 0.25) is 0 Å². The van der Waals surface area contributed by atoms with E-state index in [1.807, 2.05) is 0 Å². The van der Waals surface area contributed by atoms with Crippen LogP contribution in [0, 0.1) is 0 Å². The molecule has 0 radical (unpaired) electrons. The molecule has 0 aliphatic rings. The zero-order chi connectivity index (χ0) is 9.07. The Hall–Kier alpha value is -0.560. The number of unbranched alkanes of at least 4 members (excludes halogenated alkanes) is 3. The van der Waals surface area contributed by atoms with E-state index in [-0.39, 0.29) is 0 Å². The predicted octanol–water partition coefficient (Wildman–Crippen LogP) is 3.06. The van der Waals surface area contributed by atoms with E-state index in [9.17, 15) is 0 Å². The van der Waals surface area contributed by atoms with Gasteiger partial charge in [-0.3, -0.25) is 0 Å². The highest BCUT2D eigenvalue weighted by atomic mass is 16.2. The van der Waals surface area contributed by atoms with E-state index in [4.69, 9.17) is 5.11 Å². The summed E-state index contributed by atoms with van der Waals surface area (Å²) in [5, 5.41) is 8.51. The van der Waals surface area contributed by atoms with Crippen LogP contribution in [0.4, 0.5) is 0 Å². The number of hydrogen-bond acceptors (Lipinski definition) is 1. The highest BCUT2D eigenvalue weighted by Gasteiger charge is 1.83. The molecule has 0 unspecified atom stereocenters. The molecule has 0 amide bonds. The van der Waals surface area contributed by atoms with Crippen LogP contribution in [0.2, 0.25) is 0 Å². The molecular formula is C11H20O. The van der Waals surface area contributed by atoms with E-state index < -0.39 is 0 Å². The topological polar surface area (TPSA) is 20.2 Å².